The van der Waals surface area contributed by atoms with E-state index in [0.717, 1.165) is 12.5 Å². The van der Waals surface area contributed by atoms with E-state index < -0.39 is 5.97 Å². The molecule has 1 N–H and O–H groups in total. The van der Waals surface area contributed by atoms with Gasteiger partial charge in [0.2, 0.25) is 0 Å². The van der Waals surface area contributed by atoms with Crippen LogP contribution in [0.15, 0.2) is 91.1 Å². The van der Waals surface area contributed by atoms with Crippen molar-refractivity contribution in [2.24, 2.45) is 0 Å². The van der Waals surface area contributed by atoms with Crippen LogP contribution in [-0.2, 0) is 11.2 Å². The van der Waals surface area contributed by atoms with E-state index in [1.54, 1.807) is 28.8 Å². The van der Waals surface area contributed by atoms with Gasteiger partial charge in [-0.1, -0.05) is 145 Å². The molecule has 0 fully saturated rings. The minimum absolute atomic E-state index is 0.603. The molecule has 0 aliphatic carbocycles. The Bertz CT molecular complexity index is 881. The van der Waals surface area contributed by atoms with Crippen LogP contribution in [0.4, 0.5) is 0 Å². The van der Waals surface area contributed by atoms with Crippen LogP contribution in [0.2, 0.25) is 0 Å². The summed E-state index contributed by atoms with van der Waals surface area (Å²) in [6.07, 6.45) is 33.9. The van der Waals surface area contributed by atoms with Crippen molar-refractivity contribution >= 4 is 5.97 Å². The van der Waals surface area contributed by atoms with Crippen LogP contribution in [0.3, 0.4) is 0 Å². The second kappa shape index (κ2) is 20.3. The first kappa shape index (κ1) is 31.2. The summed E-state index contributed by atoms with van der Waals surface area (Å²) in [6.45, 7) is 9.27. The van der Waals surface area contributed by atoms with Crippen molar-refractivity contribution < 1.29 is 9.90 Å². The Hall–Kier alpha value is -2.87. The Kier molecular flexibility index (Phi) is 17.6. The van der Waals surface area contributed by atoms with Crippen LogP contribution >= 0.6 is 0 Å². The molecule has 196 valence electrons. The molecule has 1 aromatic carbocycles. The van der Waals surface area contributed by atoms with E-state index in [0.29, 0.717) is 11.8 Å². The Balaban J connectivity index is 2.10. The Morgan fingerprint density at radius 2 is 1.11 bits per heavy atom. The van der Waals surface area contributed by atoms with Gasteiger partial charge in [-0.25, -0.2) is 4.79 Å². The highest BCUT2D eigenvalue weighted by atomic mass is 16.4. The zero-order valence-corrected chi connectivity index (χ0v) is 23.0. The molecule has 0 aromatic heterocycles. The molecule has 0 saturated carbocycles. The SMILES string of the molecule is CC(C)c1cccc(C(C)C)c1CCCCCCCCCC=CC=CC=CC=CC=CC=CC(=O)O. The zero-order valence-electron chi connectivity index (χ0n) is 23.0. The quantitative estimate of drug-likeness (QED) is 0.127. The molecule has 0 saturated heterocycles. The molecule has 0 bridgehead atoms. The monoisotopic (exact) mass is 488 g/mol. The highest BCUT2D eigenvalue weighted by molar-refractivity contribution is 5.80. The molecule has 2 heteroatoms. The topological polar surface area (TPSA) is 37.3 Å². The lowest BCUT2D eigenvalue weighted by atomic mass is 9.86. The first-order chi connectivity index (χ1) is 17.4. The largest absolute Gasteiger partial charge is 0.478 e. The fraction of sp³-hybridized carbons (Fsp3) is 0.441. The van der Waals surface area contributed by atoms with Crippen molar-refractivity contribution in [3.05, 3.63) is 108 Å². The average molecular weight is 489 g/mol. The van der Waals surface area contributed by atoms with E-state index in [-0.39, 0.29) is 0 Å². The van der Waals surface area contributed by atoms with Gasteiger partial charge in [-0.2, -0.15) is 0 Å². The summed E-state index contributed by atoms with van der Waals surface area (Å²) in [5.74, 6) is 0.269. The number of rotatable bonds is 18. The van der Waals surface area contributed by atoms with Gasteiger partial charge in [0.05, 0.1) is 0 Å². The van der Waals surface area contributed by atoms with Gasteiger partial charge >= 0.3 is 5.97 Å². The standard InChI is InChI=1S/C34H48O2/c1-29(2)31-26-24-27-32(30(3)4)33(31)25-22-20-18-16-14-12-10-8-6-5-7-9-11-13-15-17-19-21-23-28-34(35)36/h5-7,9,11,13,15,17,19,21,23-24,26-30H,8,10,12,14,16,18,20,22,25H2,1-4H3,(H,35,36). The minimum Gasteiger partial charge on any atom is -0.478 e. The average Bonchev–Trinajstić information content (AvgIpc) is 2.84. The lowest BCUT2D eigenvalue weighted by Gasteiger charge is -2.19. The predicted octanol–water partition coefficient (Wildman–Crippen LogP) is 10.0. The molecule has 0 amide bonds. The highest BCUT2D eigenvalue weighted by Crippen LogP contribution is 2.29. The first-order valence-electron chi connectivity index (χ1n) is 13.8. The van der Waals surface area contributed by atoms with E-state index >= 15 is 0 Å². The van der Waals surface area contributed by atoms with Crippen molar-refractivity contribution in [3.63, 3.8) is 0 Å². The van der Waals surface area contributed by atoms with Gasteiger partial charge in [0, 0.05) is 6.08 Å². The van der Waals surface area contributed by atoms with Crippen molar-refractivity contribution in [3.8, 4) is 0 Å². The highest BCUT2D eigenvalue weighted by Gasteiger charge is 2.13. The van der Waals surface area contributed by atoms with Gasteiger partial charge in [0.25, 0.3) is 0 Å². The van der Waals surface area contributed by atoms with E-state index in [9.17, 15) is 4.79 Å². The molecule has 36 heavy (non-hydrogen) atoms. The number of carboxylic acid groups (broad SMARTS) is 1. The summed E-state index contributed by atoms with van der Waals surface area (Å²) < 4.78 is 0. The summed E-state index contributed by atoms with van der Waals surface area (Å²) in [5, 5.41) is 8.47. The molecule has 0 heterocycles. The number of hydrogen-bond acceptors (Lipinski definition) is 1. The van der Waals surface area contributed by atoms with Crippen LogP contribution in [0.5, 0.6) is 0 Å². The van der Waals surface area contributed by atoms with E-state index in [1.807, 2.05) is 30.4 Å². The summed E-state index contributed by atoms with van der Waals surface area (Å²) >= 11 is 0. The normalized spacial score (nSPS) is 12.9. The number of carbonyl (C=O) groups is 1. The lowest BCUT2D eigenvalue weighted by Crippen LogP contribution is -2.03. The molecule has 1 aromatic rings. The fourth-order valence-electron chi connectivity index (χ4n) is 4.27. The zero-order chi connectivity index (χ0) is 26.4. The third kappa shape index (κ3) is 15.2. The molecular formula is C34H48O2. The molecular weight excluding hydrogens is 440 g/mol. The number of hydrogen-bond donors (Lipinski definition) is 1. The molecule has 0 atom stereocenters. The Labute approximate surface area is 220 Å². The second-order valence-electron chi connectivity index (χ2n) is 9.90. The van der Waals surface area contributed by atoms with Crippen LogP contribution < -0.4 is 0 Å². The van der Waals surface area contributed by atoms with E-state index in [4.69, 9.17) is 5.11 Å². The van der Waals surface area contributed by atoms with Crippen LogP contribution in [-0.4, -0.2) is 11.1 Å². The maximum atomic E-state index is 10.3. The Morgan fingerprint density at radius 1 is 0.667 bits per heavy atom. The van der Waals surface area contributed by atoms with Crippen LogP contribution in [0, 0.1) is 0 Å². The van der Waals surface area contributed by atoms with Gasteiger partial charge < -0.3 is 5.11 Å². The van der Waals surface area contributed by atoms with Crippen LogP contribution in [0.25, 0.3) is 0 Å². The summed E-state index contributed by atoms with van der Waals surface area (Å²) in [6, 6.07) is 6.90. The lowest BCUT2D eigenvalue weighted by molar-refractivity contribution is -0.131. The van der Waals surface area contributed by atoms with Gasteiger partial charge in [-0.3, -0.25) is 0 Å². The third-order valence-electron chi connectivity index (χ3n) is 6.16. The molecule has 2 nitrogen and oxygen atoms in total. The number of allylic oxidation sites excluding steroid dienone is 11. The van der Waals surface area contributed by atoms with Gasteiger partial charge in [0.15, 0.2) is 0 Å². The van der Waals surface area contributed by atoms with Gasteiger partial charge in [-0.05, 0) is 54.2 Å². The molecule has 0 aliphatic rings. The second-order valence-corrected chi connectivity index (χ2v) is 9.90. The van der Waals surface area contributed by atoms with Crippen molar-refractivity contribution in [1.29, 1.82) is 0 Å². The van der Waals surface area contributed by atoms with Gasteiger partial charge in [0.1, 0.15) is 0 Å². The predicted molar refractivity (Wildman–Crippen MR) is 158 cm³/mol. The Morgan fingerprint density at radius 3 is 1.61 bits per heavy atom. The van der Waals surface area contributed by atoms with Gasteiger partial charge in [-0.15, -0.1) is 0 Å². The molecule has 0 unspecified atom stereocenters. The first-order valence-corrected chi connectivity index (χ1v) is 13.8. The minimum atomic E-state index is -0.938. The third-order valence-corrected chi connectivity index (χ3v) is 6.16. The van der Waals surface area contributed by atoms with E-state index in [1.165, 1.54) is 57.4 Å². The van der Waals surface area contributed by atoms with Crippen molar-refractivity contribution in [1.82, 2.24) is 0 Å². The number of carboxylic acids is 1. The molecule has 1 rings (SSSR count). The smallest absolute Gasteiger partial charge is 0.328 e. The maximum Gasteiger partial charge on any atom is 0.328 e. The van der Waals surface area contributed by atoms with E-state index in [2.05, 4.69) is 64.1 Å². The van der Waals surface area contributed by atoms with Crippen molar-refractivity contribution in [2.45, 2.75) is 97.3 Å². The number of aliphatic carboxylic acids is 1. The summed E-state index contributed by atoms with van der Waals surface area (Å²) in [4.78, 5) is 10.3. The summed E-state index contributed by atoms with van der Waals surface area (Å²) in [7, 11) is 0. The van der Waals surface area contributed by atoms with Crippen molar-refractivity contribution in [2.75, 3.05) is 0 Å². The molecule has 0 aliphatic heterocycles. The van der Waals surface area contributed by atoms with Crippen LogP contribution in [0.1, 0.15) is 108 Å². The molecule has 0 radical (unpaired) electrons. The molecule has 0 spiro atoms. The fourth-order valence-corrected chi connectivity index (χ4v) is 4.27. The summed E-state index contributed by atoms with van der Waals surface area (Å²) in [5.41, 5.74) is 4.72. The maximum absolute atomic E-state index is 10.3. The number of unbranched alkanes of at least 4 members (excludes halogenated alkanes) is 7. The number of benzene rings is 1.